The molecule has 5 heteroatoms. The summed E-state index contributed by atoms with van der Waals surface area (Å²) in [6.07, 6.45) is 3.17. The van der Waals surface area contributed by atoms with Crippen LogP contribution in [-0.2, 0) is 0 Å². The number of amidine groups is 1. The highest BCUT2D eigenvalue weighted by Crippen LogP contribution is 2.18. The molecule has 0 saturated carbocycles. The average molecular weight is 242 g/mol. The number of anilines is 1. The Morgan fingerprint density at radius 1 is 1.11 bits per heavy atom. The first-order valence-corrected chi connectivity index (χ1v) is 5.69. The Labute approximate surface area is 104 Å². The minimum absolute atomic E-state index is 0.299. The summed E-state index contributed by atoms with van der Waals surface area (Å²) in [6.45, 7) is 1.37. The highest BCUT2D eigenvalue weighted by atomic mass is 19.1. The van der Waals surface area contributed by atoms with E-state index in [1.54, 1.807) is 6.20 Å². The number of nitrogens with zero attached hydrogens (tertiary/aromatic N) is 4. The van der Waals surface area contributed by atoms with Crippen molar-refractivity contribution in [3.05, 3.63) is 54.2 Å². The fourth-order valence-corrected chi connectivity index (χ4v) is 1.93. The van der Waals surface area contributed by atoms with E-state index in [0.717, 1.165) is 11.5 Å². The lowest BCUT2D eigenvalue weighted by atomic mass is 10.3. The lowest BCUT2D eigenvalue weighted by Gasteiger charge is -2.18. The van der Waals surface area contributed by atoms with Crippen molar-refractivity contribution in [1.29, 1.82) is 0 Å². The van der Waals surface area contributed by atoms with Gasteiger partial charge >= 0.3 is 0 Å². The Morgan fingerprint density at radius 3 is 2.83 bits per heavy atom. The summed E-state index contributed by atoms with van der Waals surface area (Å²) in [6, 6.07) is 8.38. The summed E-state index contributed by atoms with van der Waals surface area (Å²) in [5, 5.41) is 0. The van der Waals surface area contributed by atoms with Crippen molar-refractivity contribution in [3.63, 3.8) is 0 Å². The van der Waals surface area contributed by atoms with E-state index in [2.05, 4.69) is 15.0 Å². The van der Waals surface area contributed by atoms with Gasteiger partial charge in [-0.15, -0.1) is 0 Å². The lowest BCUT2D eigenvalue weighted by Crippen LogP contribution is -2.29. The molecule has 0 atom stereocenters. The molecule has 0 fully saturated rings. The molecule has 0 aliphatic carbocycles. The molecular weight excluding hydrogens is 231 g/mol. The zero-order valence-electron chi connectivity index (χ0n) is 9.62. The van der Waals surface area contributed by atoms with Gasteiger partial charge in [-0.05, 0) is 18.2 Å². The monoisotopic (exact) mass is 242 g/mol. The Morgan fingerprint density at radius 2 is 2.06 bits per heavy atom. The van der Waals surface area contributed by atoms with Gasteiger partial charge in [-0.1, -0.05) is 6.07 Å². The van der Waals surface area contributed by atoms with Crippen LogP contribution in [0.1, 0.15) is 5.69 Å². The van der Waals surface area contributed by atoms with Crippen molar-refractivity contribution >= 4 is 11.7 Å². The molecule has 0 unspecified atom stereocenters. The van der Waals surface area contributed by atoms with Crippen LogP contribution in [-0.4, -0.2) is 28.9 Å². The first kappa shape index (κ1) is 10.8. The Hall–Kier alpha value is -2.30. The summed E-state index contributed by atoms with van der Waals surface area (Å²) in [5.74, 6) is 1.01. The fourth-order valence-electron chi connectivity index (χ4n) is 1.93. The van der Waals surface area contributed by atoms with Crippen LogP contribution in [0, 0.1) is 5.82 Å². The second-order valence-electron chi connectivity index (χ2n) is 3.90. The highest BCUT2D eigenvalue weighted by Gasteiger charge is 2.22. The smallest absolute Gasteiger partial charge is 0.155 e. The Kier molecular flexibility index (Phi) is 2.72. The van der Waals surface area contributed by atoms with Crippen LogP contribution >= 0.6 is 0 Å². The van der Waals surface area contributed by atoms with E-state index >= 15 is 0 Å². The summed E-state index contributed by atoms with van der Waals surface area (Å²) < 4.78 is 13.2. The summed E-state index contributed by atoms with van der Waals surface area (Å²) >= 11 is 0. The van der Waals surface area contributed by atoms with Gasteiger partial charge in [0.2, 0.25) is 0 Å². The lowest BCUT2D eigenvalue weighted by molar-refractivity contribution is 0.625. The molecular formula is C13H11FN4. The number of halogens is 1. The zero-order chi connectivity index (χ0) is 12.4. The molecule has 0 spiro atoms. The molecule has 0 aromatic carbocycles. The van der Waals surface area contributed by atoms with Crippen molar-refractivity contribution in [2.75, 3.05) is 18.0 Å². The third kappa shape index (κ3) is 1.95. The first-order valence-electron chi connectivity index (χ1n) is 5.69. The van der Waals surface area contributed by atoms with E-state index in [4.69, 9.17) is 0 Å². The molecule has 4 nitrogen and oxygen atoms in total. The van der Waals surface area contributed by atoms with Gasteiger partial charge in [0.05, 0.1) is 6.54 Å². The van der Waals surface area contributed by atoms with Crippen molar-refractivity contribution < 1.29 is 4.39 Å². The van der Waals surface area contributed by atoms with Crippen LogP contribution in [0.4, 0.5) is 10.2 Å². The quantitative estimate of drug-likeness (QED) is 0.807. The van der Waals surface area contributed by atoms with Crippen molar-refractivity contribution in [2.24, 2.45) is 4.99 Å². The highest BCUT2D eigenvalue weighted by molar-refractivity contribution is 6.09. The van der Waals surface area contributed by atoms with Gasteiger partial charge in [0.15, 0.2) is 5.84 Å². The van der Waals surface area contributed by atoms with Crippen LogP contribution < -0.4 is 4.90 Å². The minimum Gasteiger partial charge on any atom is -0.308 e. The normalized spacial score (nSPS) is 14.7. The SMILES string of the molecule is Fc1ccnc(N2CCN=C2c2ccccn2)c1. The summed E-state index contributed by atoms with van der Waals surface area (Å²) in [5.41, 5.74) is 0.779. The molecule has 18 heavy (non-hydrogen) atoms. The van der Waals surface area contributed by atoms with Gasteiger partial charge in [-0.25, -0.2) is 9.37 Å². The zero-order valence-corrected chi connectivity index (χ0v) is 9.62. The fraction of sp³-hybridized carbons (Fsp3) is 0.154. The van der Waals surface area contributed by atoms with Crippen LogP contribution in [0.3, 0.4) is 0 Å². The average Bonchev–Trinajstić information content (AvgIpc) is 2.89. The number of hydrogen-bond donors (Lipinski definition) is 0. The molecule has 0 bridgehead atoms. The molecule has 0 radical (unpaired) electrons. The van der Waals surface area contributed by atoms with E-state index in [1.807, 2.05) is 23.1 Å². The van der Waals surface area contributed by atoms with Gasteiger partial charge in [-0.2, -0.15) is 0 Å². The summed E-state index contributed by atoms with van der Waals surface area (Å²) in [4.78, 5) is 14.7. The predicted molar refractivity (Wildman–Crippen MR) is 67.2 cm³/mol. The number of rotatable bonds is 2. The number of pyridine rings is 2. The Bertz CT molecular complexity index is 583. The predicted octanol–water partition coefficient (Wildman–Crippen LogP) is 1.88. The topological polar surface area (TPSA) is 41.4 Å². The van der Waals surface area contributed by atoms with Crippen molar-refractivity contribution in [2.45, 2.75) is 0 Å². The van der Waals surface area contributed by atoms with Gasteiger partial charge in [0.25, 0.3) is 0 Å². The van der Waals surface area contributed by atoms with E-state index in [1.165, 1.54) is 18.3 Å². The number of hydrogen-bond acceptors (Lipinski definition) is 4. The first-order chi connectivity index (χ1) is 8.84. The molecule has 0 N–H and O–H groups in total. The Balaban J connectivity index is 1.97. The molecule has 1 aliphatic rings. The van der Waals surface area contributed by atoms with Crippen LogP contribution in [0.15, 0.2) is 47.7 Å². The number of aliphatic imine (C=N–C) groups is 1. The molecule has 2 aromatic rings. The maximum Gasteiger partial charge on any atom is 0.155 e. The second-order valence-corrected chi connectivity index (χ2v) is 3.90. The molecule has 0 amide bonds. The molecule has 1 aliphatic heterocycles. The van der Waals surface area contributed by atoms with E-state index in [-0.39, 0.29) is 5.82 Å². The molecule has 3 rings (SSSR count). The van der Waals surface area contributed by atoms with Crippen molar-refractivity contribution in [1.82, 2.24) is 9.97 Å². The minimum atomic E-state index is -0.299. The maximum atomic E-state index is 13.2. The van der Waals surface area contributed by atoms with Gasteiger partial charge in [-0.3, -0.25) is 9.98 Å². The van der Waals surface area contributed by atoms with E-state index in [9.17, 15) is 4.39 Å². The van der Waals surface area contributed by atoms with Crippen LogP contribution in [0.2, 0.25) is 0 Å². The number of aromatic nitrogens is 2. The van der Waals surface area contributed by atoms with Crippen molar-refractivity contribution in [3.8, 4) is 0 Å². The van der Waals surface area contributed by atoms with Crippen LogP contribution in [0.5, 0.6) is 0 Å². The molecule has 90 valence electrons. The van der Waals surface area contributed by atoms with Crippen LogP contribution in [0.25, 0.3) is 0 Å². The second kappa shape index (κ2) is 4.52. The standard InChI is InChI=1S/C13H11FN4/c14-10-4-6-16-12(9-10)18-8-7-17-13(18)11-3-1-2-5-15-11/h1-6,9H,7-8H2. The van der Waals surface area contributed by atoms with Gasteiger partial charge in [0, 0.05) is 25.0 Å². The van der Waals surface area contributed by atoms with Gasteiger partial charge < -0.3 is 4.90 Å². The van der Waals surface area contributed by atoms with E-state index < -0.39 is 0 Å². The molecule has 2 aromatic heterocycles. The maximum absolute atomic E-state index is 13.2. The van der Waals surface area contributed by atoms with Gasteiger partial charge in [0.1, 0.15) is 17.3 Å². The summed E-state index contributed by atoms with van der Waals surface area (Å²) in [7, 11) is 0. The third-order valence-corrected chi connectivity index (χ3v) is 2.72. The largest absolute Gasteiger partial charge is 0.308 e. The molecule has 0 saturated heterocycles. The molecule has 3 heterocycles. The third-order valence-electron chi connectivity index (χ3n) is 2.72. The van der Waals surface area contributed by atoms with E-state index in [0.29, 0.717) is 18.9 Å².